The molecule has 5 nitrogen and oxygen atoms in total. The van der Waals surface area contributed by atoms with Gasteiger partial charge in [0.05, 0.1) is 22.4 Å². The van der Waals surface area contributed by atoms with E-state index in [-0.39, 0.29) is 0 Å². The van der Waals surface area contributed by atoms with E-state index in [0.29, 0.717) is 17.2 Å². The number of nitrogens with zero attached hydrogens (tertiary/aromatic N) is 2. The summed E-state index contributed by atoms with van der Waals surface area (Å²) in [5.41, 5.74) is 15.0. The maximum atomic E-state index is 5.75. The molecule has 0 amide bonds. The number of nitrogens with one attached hydrogen (secondary N) is 1. The molecule has 0 unspecified atom stereocenters. The normalized spacial score (nSPS) is 10.8. The summed E-state index contributed by atoms with van der Waals surface area (Å²) in [6.07, 6.45) is 1.73. The minimum Gasteiger partial charge on any atom is -0.397 e. The first-order valence-electron chi connectivity index (χ1n) is 5.20. The number of hydrogen-bond acceptors (Lipinski definition) is 4. The Morgan fingerprint density at radius 2 is 1.88 bits per heavy atom. The summed E-state index contributed by atoms with van der Waals surface area (Å²) in [6.45, 7) is 0. The number of rotatable bonds is 1. The van der Waals surface area contributed by atoms with Gasteiger partial charge in [-0.3, -0.25) is 4.98 Å². The molecule has 3 rings (SSSR count). The maximum absolute atomic E-state index is 5.75. The van der Waals surface area contributed by atoms with Crippen molar-refractivity contribution in [1.82, 2.24) is 15.0 Å². The van der Waals surface area contributed by atoms with Crippen molar-refractivity contribution in [2.24, 2.45) is 0 Å². The number of H-pyrrole nitrogens is 1. The number of aromatic amines is 1. The Morgan fingerprint density at radius 3 is 2.65 bits per heavy atom. The molecule has 2 aromatic heterocycles. The van der Waals surface area contributed by atoms with E-state index in [9.17, 15) is 0 Å². The first-order valence-corrected chi connectivity index (χ1v) is 5.20. The molecule has 17 heavy (non-hydrogen) atoms. The average molecular weight is 225 g/mol. The zero-order valence-electron chi connectivity index (χ0n) is 9.01. The van der Waals surface area contributed by atoms with Crippen molar-refractivity contribution in [3.63, 3.8) is 0 Å². The molecule has 0 spiro atoms. The van der Waals surface area contributed by atoms with E-state index in [1.807, 2.05) is 18.2 Å². The fourth-order valence-electron chi connectivity index (χ4n) is 1.71. The molecule has 3 aromatic rings. The molecule has 0 aliphatic heterocycles. The summed E-state index contributed by atoms with van der Waals surface area (Å²) in [6, 6.07) is 9.21. The van der Waals surface area contributed by atoms with Crippen LogP contribution in [0.25, 0.3) is 22.6 Å². The first-order chi connectivity index (χ1) is 8.24. The van der Waals surface area contributed by atoms with Gasteiger partial charge in [-0.1, -0.05) is 6.07 Å². The van der Waals surface area contributed by atoms with Crippen LogP contribution in [-0.4, -0.2) is 15.0 Å². The summed E-state index contributed by atoms with van der Waals surface area (Å²) in [5, 5.41) is 0. The highest BCUT2D eigenvalue weighted by Crippen LogP contribution is 2.24. The fraction of sp³-hybridized carbons (Fsp3) is 0. The molecule has 0 aliphatic carbocycles. The standard InChI is InChI=1S/C12H11N5/c13-7-5-10-11(6-8(7)14)17-12(16-10)9-3-1-2-4-15-9/h1-6H,13-14H2,(H,16,17). The lowest BCUT2D eigenvalue weighted by Gasteiger charge is -1.97. The number of imidazole rings is 1. The number of fused-ring (bicyclic) bond motifs is 1. The molecule has 0 fully saturated rings. The zero-order chi connectivity index (χ0) is 11.8. The molecule has 2 heterocycles. The third-order valence-corrected chi connectivity index (χ3v) is 2.59. The lowest BCUT2D eigenvalue weighted by Crippen LogP contribution is -1.93. The van der Waals surface area contributed by atoms with Crippen molar-refractivity contribution >= 4 is 22.4 Å². The molecular formula is C12H11N5. The Hall–Kier alpha value is -2.56. The van der Waals surface area contributed by atoms with Gasteiger partial charge in [0.15, 0.2) is 5.82 Å². The molecule has 0 atom stereocenters. The Kier molecular flexibility index (Phi) is 1.98. The van der Waals surface area contributed by atoms with Crippen LogP contribution in [0.4, 0.5) is 11.4 Å². The van der Waals surface area contributed by atoms with Gasteiger partial charge in [-0.15, -0.1) is 0 Å². The molecular weight excluding hydrogens is 214 g/mol. The van der Waals surface area contributed by atoms with E-state index in [1.54, 1.807) is 18.3 Å². The van der Waals surface area contributed by atoms with E-state index in [2.05, 4.69) is 15.0 Å². The van der Waals surface area contributed by atoms with E-state index in [1.165, 1.54) is 0 Å². The number of hydrogen-bond donors (Lipinski definition) is 3. The highest BCUT2D eigenvalue weighted by Gasteiger charge is 2.07. The van der Waals surface area contributed by atoms with Crippen LogP contribution >= 0.6 is 0 Å². The molecule has 84 valence electrons. The van der Waals surface area contributed by atoms with Crippen LogP contribution in [0.15, 0.2) is 36.5 Å². The lowest BCUT2D eigenvalue weighted by molar-refractivity contribution is 1.24. The van der Waals surface area contributed by atoms with Crippen molar-refractivity contribution in [3.05, 3.63) is 36.5 Å². The number of nitrogen functional groups attached to an aromatic ring is 2. The van der Waals surface area contributed by atoms with Crippen molar-refractivity contribution in [1.29, 1.82) is 0 Å². The quantitative estimate of drug-likeness (QED) is 0.550. The highest BCUT2D eigenvalue weighted by atomic mass is 14.9. The summed E-state index contributed by atoms with van der Waals surface area (Å²) in [4.78, 5) is 11.8. The van der Waals surface area contributed by atoms with Gasteiger partial charge < -0.3 is 16.5 Å². The molecule has 5 N–H and O–H groups in total. The smallest absolute Gasteiger partial charge is 0.157 e. The topological polar surface area (TPSA) is 93.6 Å². The third kappa shape index (κ3) is 1.57. The number of pyridine rings is 1. The second-order valence-corrected chi connectivity index (χ2v) is 3.80. The van der Waals surface area contributed by atoms with Gasteiger partial charge in [-0.2, -0.15) is 0 Å². The second kappa shape index (κ2) is 3.48. The Balaban J connectivity index is 2.21. The first kappa shape index (κ1) is 9.65. The predicted molar refractivity (Wildman–Crippen MR) is 68.1 cm³/mol. The van der Waals surface area contributed by atoms with Crippen molar-refractivity contribution in [2.45, 2.75) is 0 Å². The number of aromatic nitrogens is 3. The van der Waals surface area contributed by atoms with Crippen LogP contribution < -0.4 is 11.5 Å². The van der Waals surface area contributed by atoms with Gasteiger partial charge >= 0.3 is 0 Å². The Labute approximate surface area is 97.5 Å². The van der Waals surface area contributed by atoms with Crippen LogP contribution in [0, 0.1) is 0 Å². The summed E-state index contributed by atoms with van der Waals surface area (Å²) >= 11 is 0. The summed E-state index contributed by atoms with van der Waals surface area (Å²) in [5.74, 6) is 0.714. The highest BCUT2D eigenvalue weighted by molar-refractivity contribution is 5.87. The van der Waals surface area contributed by atoms with Crippen LogP contribution in [-0.2, 0) is 0 Å². The molecule has 0 bridgehead atoms. The van der Waals surface area contributed by atoms with E-state index in [0.717, 1.165) is 16.7 Å². The predicted octanol–water partition coefficient (Wildman–Crippen LogP) is 1.79. The minimum atomic E-state index is 0.538. The molecule has 1 aromatic carbocycles. The van der Waals surface area contributed by atoms with Gasteiger partial charge in [0, 0.05) is 6.20 Å². The SMILES string of the molecule is Nc1cc2nc(-c3ccccn3)[nH]c2cc1N. The van der Waals surface area contributed by atoms with Crippen LogP contribution in [0.1, 0.15) is 0 Å². The largest absolute Gasteiger partial charge is 0.397 e. The van der Waals surface area contributed by atoms with Crippen LogP contribution in [0.2, 0.25) is 0 Å². The molecule has 5 heteroatoms. The molecule has 0 aliphatic rings. The van der Waals surface area contributed by atoms with Crippen molar-refractivity contribution in [3.8, 4) is 11.5 Å². The van der Waals surface area contributed by atoms with Gasteiger partial charge in [-0.05, 0) is 24.3 Å². The van der Waals surface area contributed by atoms with E-state index >= 15 is 0 Å². The maximum Gasteiger partial charge on any atom is 0.157 e. The second-order valence-electron chi connectivity index (χ2n) is 3.80. The number of nitrogens with two attached hydrogens (primary N) is 2. The summed E-state index contributed by atoms with van der Waals surface area (Å²) < 4.78 is 0. The summed E-state index contributed by atoms with van der Waals surface area (Å²) in [7, 11) is 0. The lowest BCUT2D eigenvalue weighted by atomic mass is 10.2. The van der Waals surface area contributed by atoms with Crippen molar-refractivity contribution in [2.75, 3.05) is 11.5 Å². The Morgan fingerprint density at radius 1 is 1.06 bits per heavy atom. The van der Waals surface area contributed by atoms with Crippen LogP contribution in [0.3, 0.4) is 0 Å². The van der Waals surface area contributed by atoms with Crippen molar-refractivity contribution < 1.29 is 0 Å². The molecule has 0 saturated heterocycles. The third-order valence-electron chi connectivity index (χ3n) is 2.59. The van der Waals surface area contributed by atoms with Gasteiger partial charge in [0.1, 0.15) is 5.69 Å². The van der Waals surface area contributed by atoms with Gasteiger partial charge in [-0.25, -0.2) is 4.98 Å². The monoisotopic (exact) mass is 225 g/mol. The van der Waals surface area contributed by atoms with E-state index < -0.39 is 0 Å². The number of anilines is 2. The average Bonchev–Trinajstić information content (AvgIpc) is 2.74. The number of benzene rings is 1. The Bertz CT molecular complexity index is 633. The zero-order valence-corrected chi connectivity index (χ0v) is 9.01. The van der Waals surface area contributed by atoms with Gasteiger partial charge in [0.25, 0.3) is 0 Å². The van der Waals surface area contributed by atoms with Crippen LogP contribution in [0.5, 0.6) is 0 Å². The molecule has 0 saturated carbocycles. The minimum absolute atomic E-state index is 0.538. The fourth-order valence-corrected chi connectivity index (χ4v) is 1.71. The molecule has 0 radical (unpaired) electrons. The van der Waals surface area contributed by atoms with E-state index in [4.69, 9.17) is 11.5 Å². The van der Waals surface area contributed by atoms with Gasteiger partial charge in [0.2, 0.25) is 0 Å².